The van der Waals surface area contributed by atoms with Crippen LogP contribution in [0, 0.1) is 0 Å². The number of carbonyl (C=O) groups is 1. The molecule has 7 heteroatoms. The predicted octanol–water partition coefficient (Wildman–Crippen LogP) is 2.56. The molecule has 0 atom stereocenters. The van der Waals surface area contributed by atoms with Crippen LogP contribution in [0.25, 0.3) is 10.7 Å². The lowest BCUT2D eigenvalue weighted by Crippen LogP contribution is -2.34. The third kappa shape index (κ3) is 3.41. The van der Waals surface area contributed by atoms with Gasteiger partial charge in [0.2, 0.25) is 0 Å². The number of rotatable bonds is 5. The minimum absolute atomic E-state index is 0.0474. The number of aromatic amines is 1. The maximum absolute atomic E-state index is 12.7. The zero-order valence-corrected chi connectivity index (χ0v) is 13.9. The van der Waals surface area contributed by atoms with Crippen LogP contribution in [0.5, 0.6) is 0 Å². The van der Waals surface area contributed by atoms with Gasteiger partial charge in [-0.15, -0.1) is 11.3 Å². The number of nitrogens with zero attached hydrogens (tertiary/aromatic N) is 3. The number of hydrogen-bond acceptors (Lipinski definition) is 5. The van der Waals surface area contributed by atoms with Crippen molar-refractivity contribution in [1.29, 1.82) is 0 Å². The van der Waals surface area contributed by atoms with Crippen molar-refractivity contribution in [1.82, 2.24) is 19.9 Å². The van der Waals surface area contributed by atoms with Crippen LogP contribution in [0.3, 0.4) is 0 Å². The van der Waals surface area contributed by atoms with E-state index < -0.39 is 5.56 Å². The van der Waals surface area contributed by atoms with Crippen molar-refractivity contribution >= 4 is 17.2 Å². The second-order valence-electron chi connectivity index (χ2n) is 5.13. The number of H-pyrrole nitrogens is 1. The van der Waals surface area contributed by atoms with Crippen LogP contribution in [-0.4, -0.2) is 32.3 Å². The van der Waals surface area contributed by atoms with Gasteiger partial charge in [-0.2, -0.15) is 0 Å². The third-order valence-corrected chi connectivity index (χ3v) is 4.45. The van der Waals surface area contributed by atoms with Crippen molar-refractivity contribution in [3.63, 3.8) is 0 Å². The number of pyridine rings is 1. The summed E-state index contributed by atoms with van der Waals surface area (Å²) in [6.45, 7) is 2.79. The second kappa shape index (κ2) is 7.18. The molecule has 1 N–H and O–H groups in total. The van der Waals surface area contributed by atoms with Crippen LogP contribution in [0.2, 0.25) is 0 Å². The summed E-state index contributed by atoms with van der Waals surface area (Å²) in [5.41, 5.74) is 0.581. The van der Waals surface area contributed by atoms with Gasteiger partial charge in [0.25, 0.3) is 11.5 Å². The highest BCUT2D eigenvalue weighted by atomic mass is 32.1. The fourth-order valence-corrected chi connectivity index (χ4v) is 2.97. The molecule has 3 aromatic rings. The van der Waals surface area contributed by atoms with Gasteiger partial charge in [0, 0.05) is 31.7 Å². The molecular weight excluding hydrogens is 324 g/mol. The molecule has 3 aromatic heterocycles. The van der Waals surface area contributed by atoms with E-state index in [0.717, 1.165) is 10.4 Å². The van der Waals surface area contributed by atoms with Crippen LogP contribution in [0.15, 0.2) is 53.0 Å². The molecule has 24 heavy (non-hydrogen) atoms. The Kier molecular flexibility index (Phi) is 4.81. The van der Waals surface area contributed by atoms with E-state index in [-0.39, 0.29) is 11.5 Å². The zero-order valence-electron chi connectivity index (χ0n) is 13.1. The van der Waals surface area contributed by atoms with Crippen molar-refractivity contribution in [3.05, 3.63) is 69.7 Å². The Hall–Kier alpha value is -2.80. The lowest BCUT2D eigenvalue weighted by molar-refractivity contribution is 0.0750. The van der Waals surface area contributed by atoms with Gasteiger partial charge in [-0.25, -0.2) is 4.98 Å². The van der Waals surface area contributed by atoms with Crippen molar-refractivity contribution in [3.8, 4) is 10.7 Å². The Morgan fingerprint density at radius 3 is 2.71 bits per heavy atom. The van der Waals surface area contributed by atoms with Gasteiger partial charge < -0.3 is 9.88 Å². The Morgan fingerprint density at radius 1 is 1.29 bits per heavy atom. The molecule has 3 rings (SSSR count). The number of amides is 1. The first kappa shape index (κ1) is 16.1. The molecule has 6 nitrogen and oxygen atoms in total. The van der Waals surface area contributed by atoms with Gasteiger partial charge in [-0.1, -0.05) is 6.07 Å². The van der Waals surface area contributed by atoms with E-state index in [2.05, 4.69) is 15.0 Å². The summed E-state index contributed by atoms with van der Waals surface area (Å²) >= 11 is 1.48. The molecular formula is C17H16N4O2S. The molecule has 0 aliphatic carbocycles. The lowest BCUT2D eigenvalue weighted by atomic mass is 10.2. The summed E-state index contributed by atoms with van der Waals surface area (Å²) < 4.78 is 0. The molecule has 0 fully saturated rings. The van der Waals surface area contributed by atoms with E-state index in [0.29, 0.717) is 18.9 Å². The minimum atomic E-state index is -0.424. The average Bonchev–Trinajstić information content (AvgIpc) is 3.14. The number of hydrogen-bond donors (Lipinski definition) is 1. The highest BCUT2D eigenvalue weighted by Gasteiger charge is 2.19. The van der Waals surface area contributed by atoms with E-state index in [4.69, 9.17) is 0 Å². The fourth-order valence-electron chi connectivity index (χ4n) is 2.29. The van der Waals surface area contributed by atoms with Crippen LogP contribution >= 0.6 is 11.3 Å². The van der Waals surface area contributed by atoms with Gasteiger partial charge in [0.05, 0.1) is 4.88 Å². The number of thiophene rings is 1. The van der Waals surface area contributed by atoms with Crippen LogP contribution in [0.1, 0.15) is 22.8 Å². The molecule has 0 aliphatic heterocycles. The third-order valence-electron chi connectivity index (χ3n) is 3.58. The van der Waals surface area contributed by atoms with Crippen LogP contribution in [0.4, 0.5) is 0 Å². The average molecular weight is 340 g/mol. The molecule has 0 aromatic carbocycles. The van der Waals surface area contributed by atoms with Gasteiger partial charge in [0.1, 0.15) is 11.4 Å². The lowest BCUT2D eigenvalue weighted by Gasteiger charge is -2.20. The maximum atomic E-state index is 12.7. The molecule has 3 heterocycles. The summed E-state index contributed by atoms with van der Waals surface area (Å²) in [5, 5.41) is 1.90. The number of aromatic nitrogens is 3. The monoisotopic (exact) mass is 340 g/mol. The Bertz CT molecular complexity index is 875. The summed E-state index contributed by atoms with van der Waals surface area (Å²) in [6.07, 6.45) is 4.71. The van der Waals surface area contributed by atoms with E-state index >= 15 is 0 Å². The Balaban J connectivity index is 1.84. The molecule has 122 valence electrons. The van der Waals surface area contributed by atoms with Crippen molar-refractivity contribution in [2.24, 2.45) is 0 Å². The standard InChI is InChI=1S/C17H16N4O2S/c1-2-21(11-12-5-7-18-8-6-12)17(23)13-10-19-15(20-16(13)22)14-4-3-9-24-14/h3-10H,2,11H2,1H3,(H,19,20,22). The van der Waals surface area contributed by atoms with Gasteiger partial charge in [-0.05, 0) is 36.1 Å². The first-order valence-electron chi connectivity index (χ1n) is 7.50. The Morgan fingerprint density at radius 2 is 2.08 bits per heavy atom. The largest absolute Gasteiger partial charge is 0.334 e. The fraction of sp³-hybridized carbons (Fsp3) is 0.176. The summed E-state index contributed by atoms with van der Waals surface area (Å²) in [5.74, 6) is 0.143. The summed E-state index contributed by atoms with van der Waals surface area (Å²) in [4.78, 5) is 38.3. The first-order valence-corrected chi connectivity index (χ1v) is 8.38. The first-order chi connectivity index (χ1) is 11.7. The number of carbonyl (C=O) groups excluding carboxylic acids is 1. The Labute approximate surface area is 142 Å². The molecule has 0 saturated carbocycles. The number of nitrogens with one attached hydrogen (secondary N) is 1. The predicted molar refractivity (Wildman–Crippen MR) is 92.8 cm³/mol. The van der Waals surface area contributed by atoms with Gasteiger partial charge >= 0.3 is 0 Å². The van der Waals surface area contributed by atoms with Gasteiger partial charge in [-0.3, -0.25) is 14.6 Å². The molecule has 1 amide bonds. The highest BCUT2D eigenvalue weighted by Crippen LogP contribution is 2.19. The molecule has 0 spiro atoms. The van der Waals surface area contributed by atoms with Crippen LogP contribution < -0.4 is 5.56 Å². The van der Waals surface area contributed by atoms with E-state index in [1.807, 2.05) is 36.6 Å². The van der Waals surface area contributed by atoms with Gasteiger partial charge in [0.15, 0.2) is 0 Å². The van der Waals surface area contributed by atoms with Crippen molar-refractivity contribution < 1.29 is 4.79 Å². The smallest absolute Gasteiger partial charge is 0.264 e. The topological polar surface area (TPSA) is 79.0 Å². The maximum Gasteiger partial charge on any atom is 0.264 e. The molecule has 0 bridgehead atoms. The molecule has 0 saturated heterocycles. The summed E-state index contributed by atoms with van der Waals surface area (Å²) in [7, 11) is 0. The second-order valence-corrected chi connectivity index (χ2v) is 6.07. The quantitative estimate of drug-likeness (QED) is 0.774. The van der Waals surface area contributed by atoms with Crippen molar-refractivity contribution in [2.45, 2.75) is 13.5 Å². The normalized spacial score (nSPS) is 10.5. The summed E-state index contributed by atoms with van der Waals surface area (Å²) in [6, 6.07) is 7.44. The van der Waals surface area contributed by atoms with E-state index in [1.54, 1.807) is 17.3 Å². The molecule has 0 radical (unpaired) electrons. The van der Waals surface area contributed by atoms with E-state index in [1.165, 1.54) is 17.5 Å². The minimum Gasteiger partial charge on any atom is -0.334 e. The zero-order chi connectivity index (χ0) is 16.9. The SMILES string of the molecule is CCN(Cc1ccncc1)C(=O)c1cnc(-c2cccs2)[nH]c1=O. The molecule has 0 aliphatic rings. The van der Waals surface area contributed by atoms with Crippen LogP contribution in [-0.2, 0) is 6.54 Å². The van der Waals surface area contributed by atoms with E-state index in [9.17, 15) is 9.59 Å². The van der Waals surface area contributed by atoms with Crippen molar-refractivity contribution in [2.75, 3.05) is 6.54 Å². The highest BCUT2D eigenvalue weighted by molar-refractivity contribution is 7.13. The molecule has 0 unspecified atom stereocenters.